The van der Waals surface area contributed by atoms with Gasteiger partial charge in [-0.15, -0.1) is 0 Å². The molecule has 0 bridgehead atoms. The molecule has 0 aromatic heterocycles. The van der Waals surface area contributed by atoms with Gasteiger partial charge in [0.2, 0.25) is 10.9 Å². The lowest BCUT2D eigenvalue weighted by Crippen LogP contribution is -2.15. The topological polar surface area (TPSA) is 46.6 Å². The summed E-state index contributed by atoms with van der Waals surface area (Å²) in [7, 11) is -1.30. The lowest BCUT2D eigenvalue weighted by atomic mass is 10.2. The average Bonchev–Trinajstić information content (AvgIpc) is 2.42. The van der Waals surface area contributed by atoms with Gasteiger partial charge in [-0.25, -0.2) is 12.7 Å². The Bertz CT molecular complexity index is 670. The lowest BCUT2D eigenvalue weighted by molar-refractivity contribution is 0.416. The molecule has 4 nitrogen and oxygen atoms in total. The number of nitrogens with zero attached hydrogens (tertiary/aromatic N) is 1. The number of rotatable bonds is 4. The number of hydrogen-bond acceptors (Lipinski definition) is 3. The van der Waals surface area contributed by atoms with Crippen LogP contribution in [-0.2, 0) is 10.9 Å². The van der Waals surface area contributed by atoms with E-state index in [-0.39, 0.29) is 0 Å². The SMILES string of the molecule is [CH2]c1ccc(N(c2ccc(C)cc2OC)[SH](=O)=O)cc1. The molecule has 0 spiro atoms. The summed E-state index contributed by atoms with van der Waals surface area (Å²) in [6.45, 7) is 5.71. The maximum absolute atomic E-state index is 11.6. The van der Waals surface area contributed by atoms with Crippen molar-refractivity contribution in [3.05, 3.63) is 60.5 Å². The van der Waals surface area contributed by atoms with Crippen LogP contribution in [-0.4, -0.2) is 15.5 Å². The Labute approximate surface area is 120 Å². The van der Waals surface area contributed by atoms with Crippen molar-refractivity contribution in [2.24, 2.45) is 0 Å². The minimum Gasteiger partial charge on any atom is -0.495 e. The van der Waals surface area contributed by atoms with Crippen molar-refractivity contribution < 1.29 is 13.2 Å². The zero-order chi connectivity index (χ0) is 14.7. The Kier molecular flexibility index (Phi) is 4.29. The van der Waals surface area contributed by atoms with Gasteiger partial charge in [-0.05, 0) is 49.2 Å². The molecule has 2 aromatic carbocycles. The third-order valence-corrected chi connectivity index (χ3v) is 3.68. The third kappa shape index (κ3) is 2.93. The summed E-state index contributed by atoms with van der Waals surface area (Å²) < 4.78 is 29.8. The van der Waals surface area contributed by atoms with Gasteiger partial charge < -0.3 is 4.74 Å². The van der Waals surface area contributed by atoms with Crippen molar-refractivity contribution >= 4 is 22.3 Å². The van der Waals surface area contributed by atoms with Gasteiger partial charge in [0, 0.05) is 0 Å². The summed E-state index contributed by atoms with van der Waals surface area (Å²) in [5.41, 5.74) is 2.87. The Morgan fingerprint density at radius 2 is 1.75 bits per heavy atom. The normalized spacial score (nSPS) is 10.6. The molecule has 20 heavy (non-hydrogen) atoms. The molecule has 2 aromatic rings. The summed E-state index contributed by atoms with van der Waals surface area (Å²) in [6.07, 6.45) is 0. The lowest BCUT2D eigenvalue weighted by Gasteiger charge is -2.20. The Morgan fingerprint density at radius 3 is 2.30 bits per heavy atom. The van der Waals surface area contributed by atoms with E-state index in [1.165, 1.54) is 11.4 Å². The van der Waals surface area contributed by atoms with Crippen LogP contribution in [0.5, 0.6) is 5.75 Å². The van der Waals surface area contributed by atoms with Crippen molar-refractivity contribution in [3.8, 4) is 5.75 Å². The molecule has 0 saturated carbocycles. The highest BCUT2D eigenvalue weighted by atomic mass is 32.2. The maximum atomic E-state index is 11.6. The van der Waals surface area contributed by atoms with Crippen LogP contribution >= 0.6 is 0 Å². The van der Waals surface area contributed by atoms with Gasteiger partial charge >= 0.3 is 0 Å². The molecule has 0 heterocycles. The van der Waals surface area contributed by atoms with Gasteiger partial charge in [-0.3, -0.25) is 0 Å². The Balaban J connectivity index is 2.57. The van der Waals surface area contributed by atoms with E-state index in [4.69, 9.17) is 4.74 Å². The molecule has 1 radical (unpaired) electrons. The van der Waals surface area contributed by atoms with Gasteiger partial charge in [-0.1, -0.05) is 18.2 Å². The minimum atomic E-state index is -2.82. The molecule has 0 unspecified atom stereocenters. The van der Waals surface area contributed by atoms with Crippen LogP contribution in [0, 0.1) is 13.8 Å². The van der Waals surface area contributed by atoms with E-state index in [0.717, 1.165) is 11.1 Å². The average molecular weight is 290 g/mol. The summed E-state index contributed by atoms with van der Waals surface area (Å²) in [4.78, 5) is 0. The molecule has 2 rings (SSSR count). The predicted molar refractivity (Wildman–Crippen MR) is 81.1 cm³/mol. The fourth-order valence-corrected chi connectivity index (χ4v) is 2.58. The Hall–Kier alpha value is -2.01. The molecule has 105 valence electrons. The first kappa shape index (κ1) is 14.4. The molecule has 0 saturated heterocycles. The van der Waals surface area contributed by atoms with Crippen molar-refractivity contribution in [3.63, 3.8) is 0 Å². The first-order chi connectivity index (χ1) is 9.52. The van der Waals surface area contributed by atoms with Gasteiger partial charge in [-0.2, -0.15) is 0 Å². The van der Waals surface area contributed by atoms with Crippen LogP contribution in [0.25, 0.3) is 0 Å². The van der Waals surface area contributed by atoms with E-state index in [2.05, 4.69) is 6.92 Å². The van der Waals surface area contributed by atoms with Gasteiger partial charge in [0.1, 0.15) is 5.75 Å². The van der Waals surface area contributed by atoms with E-state index in [1.807, 2.05) is 13.0 Å². The van der Waals surface area contributed by atoms with Crippen LogP contribution in [0.3, 0.4) is 0 Å². The smallest absolute Gasteiger partial charge is 0.229 e. The quantitative estimate of drug-likeness (QED) is 0.881. The van der Waals surface area contributed by atoms with Gasteiger partial charge in [0.25, 0.3) is 0 Å². The van der Waals surface area contributed by atoms with Crippen LogP contribution in [0.15, 0.2) is 42.5 Å². The second kappa shape index (κ2) is 5.96. The molecule has 0 N–H and O–H groups in total. The highest BCUT2D eigenvalue weighted by Gasteiger charge is 2.16. The van der Waals surface area contributed by atoms with Crippen LogP contribution < -0.4 is 9.04 Å². The maximum Gasteiger partial charge on any atom is 0.229 e. The van der Waals surface area contributed by atoms with Crippen LogP contribution in [0.1, 0.15) is 11.1 Å². The summed E-state index contributed by atoms with van der Waals surface area (Å²) in [5, 5.41) is 0. The van der Waals surface area contributed by atoms with Gasteiger partial charge in [0.05, 0.1) is 18.5 Å². The molecular formula is C15H16NO3S. The predicted octanol–water partition coefficient (Wildman–Crippen LogP) is 2.85. The first-order valence-electron chi connectivity index (χ1n) is 6.04. The van der Waals surface area contributed by atoms with Crippen LogP contribution in [0.4, 0.5) is 11.4 Å². The fraction of sp³-hybridized carbons (Fsp3) is 0.133. The summed E-state index contributed by atoms with van der Waals surface area (Å²) in [6, 6.07) is 12.3. The summed E-state index contributed by atoms with van der Waals surface area (Å²) in [5.74, 6) is 0.517. The number of anilines is 2. The number of methoxy groups -OCH3 is 1. The number of thiol groups is 1. The highest BCUT2D eigenvalue weighted by Crippen LogP contribution is 2.34. The standard InChI is InChI=1S/C15H16NO3S/c1-11-4-7-13(8-5-11)16(20(17)18)14-9-6-12(2)10-15(14)19-3/h4-10,20H,1H2,2-3H3. The molecule has 0 aliphatic carbocycles. The second-order valence-corrected chi connectivity index (χ2v) is 5.27. The van der Waals surface area contributed by atoms with Crippen molar-refractivity contribution in [2.75, 3.05) is 11.4 Å². The fourth-order valence-electron chi connectivity index (χ4n) is 1.92. The van der Waals surface area contributed by atoms with E-state index in [0.29, 0.717) is 17.1 Å². The van der Waals surface area contributed by atoms with Crippen molar-refractivity contribution in [2.45, 2.75) is 6.92 Å². The number of aryl methyl sites for hydroxylation is 1. The van der Waals surface area contributed by atoms with Crippen molar-refractivity contribution in [1.29, 1.82) is 0 Å². The van der Waals surface area contributed by atoms with Crippen molar-refractivity contribution in [1.82, 2.24) is 0 Å². The molecule has 0 atom stereocenters. The Morgan fingerprint density at radius 1 is 1.10 bits per heavy atom. The van der Waals surface area contributed by atoms with Gasteiger partial charge in [0.15, 0.2) is 0 Å². The molecule has 0 aliphatic rings. The molecular weight excluding hydrogens is 274 g/mol. The zero-order valence-corrected chi connectivity index (χ0v) is 12.3. The molecule has 0 aliphatic heterocycles. The molecule has 0 amide bonds. The number of benzene rings is 2. The van der Waals surface area contributed by atoms with Crippen LogP contribution in [0.2, 0.25) is 0 Å². The summed E-state index contributed by atoms with van der Waals surface area (Å²) >= 11 is 0. The highest BCUT2D eigenvalue weighted by molar-refractivity contribution is 7.74. The second-order valence-electron chi connectivity index (χ2n) is 4.39. The first-order valence-corrected chi connectivity index (χ1v) is 7.17. The number of hydrogen-bond donors (Lipinski definition) is 1. The largest absolute Gasteiger partial charge is 0.495 e. The molecule has 0 fully saturated rings. The van der Waals surface area contributed by atoms with E-state index < -0.39 is 10.9 Å². The monoisotopic (exact) mass is 290 g/mol. The molecule has 5 heteroatoms. The zero-order valence-electron chi connectivity index (χ0n) is 11.4. The third-order valence-electron chi connectivity index (χ3n) is 2.91. The minimum absolute atomic E-state index is 0.492. The van der Waals surface area contributed by atoms with E-state index >= 15 is 0 Å². The van der Waals surface area contributed by atoms with E-state index in [9.17, 15) is 8.42 Å². The van der Waals surface area contributed by atoms with E-state index in [1.54, 1.807) is 36.4 Å². The number of ether oxygens (including phenoxy) is 1.